The Kier molecular flexibility index (Phi) is 4.05. The number of benzene rings is 3. The average molecular weight is 379 g/mol. The molecule has 4 heteroatoms. The third-order valence-electron chi connectivity index (χ3n) is 3.81. The number of para-hydroxylation sites is 2. The minimum atomic E-state index is 0.545. The topological polar surface area (TPSA) is 37.9 Å². The molecule has 3 nitrogen and oxygen atoms in total. The van der Waals surface area contributed by atoms with E-state index in [0.29, 0.717) is 6.61 Å². The van der Waals surface area contributed by atoms with Crippen LogP contribution in [0.2, 0.25) is 0 Å². The van der Waals surface area contributed by atoms with Crippen molar-refractivity contribution in [2.75, 3.05) is 0 Å². The molecular formula is C20H15BrN2O. The Labute approximate surface area is 148 Å². The molecule has 0 aliphatic heterocycles. The van der Waals surface area contributed by atoms with E-state index < -0.39 is 0 Å². The molecule has 1 aromatic heterocycles. The number of hydrogen-bond donors (Lipinski definition) is 1. The molecule has 0 aliphatic rings. The molecule has 0 amide bonds. The molecule has 24 heavy (non-hydrogen) atoms. The minimum Gasteiger partial charge on any atom is -0.489 e. The quantitative estimate of drug-likeness (QED) is 0.503. The Morgan fingerprint density at radius 3 is 2.54 bits per heavy atom. The second-order valence-corrected chi connectivity index (χ2v) is 6.46. The van der Waals surface area contributed by atoms with Crippen molar-refractivity contribution in [3.8, 4) is 17.1 Å². The van der Waals surface area contributed by atoms with Crippen molar-refractivity contribution >= 4 is 27.0 Å². The predicted molar refractivity (Wildman–Crippen MR) is 100 cm³/mol. The monoisotopic (exact) mass is 378 g/mol. The zero-order valence-corrected chi connectivity index (χ0v) is 14.5. The van der Waals surface area contributed by atoms with Gasteiger partial charge in [0.2, 0.25) is 0 Å². The summed E-state index contributed by atoms with van der Waals surface area (Å²) >= 11 is 3.47. The van der Waals surface area contributed by atoms with Gasteiger partial charge in [-0.05, 0) is 54.1 Å². The summed E-state index contributed by atoms with van der Waals surface area (Å²) in [5, 5.41) is 0. The van der Waals surface area contributed by atoms with Crippen LogP contribution in [0.15, 0.2) is 77.3 Å². The molecule has 3 aromatic carbocycles. The minimum absolute atomic E-state index is 0.545. The molecule has 0 unspecified atom stereocenters. The summed E-state index contributed by atoms with van der Waals surface area (Å²) in [5.74, 6) is 1.71. The van der Waals surface area contributed by atoms with Gasteiger partial charge in [0.1, 0.15) is 18.2 Å². The van der Waals surface area contributed by atoms with E-state index in [1.54, 1.807) is 0 Å². The van der Waals surface area contributed by atoms with Gasteiger partial charge in [-0.2, -0.15) is 0 Å². The highest BCUT2D eigenvalue weighted by molar-refractivity contribution is 9.10. The maximum absolute atomic E-state index is 5.85. The highest BCUT2D eigenvalue weighted by atomic mass is 79.9. The molecule has 1 N–H and O–H groups in total. The predicted octanol–water partition coefficient (Wildman–Crippen LogP) is 5.57. The summed E-state index contributed by atoms with van der Waals surface area (Å²) in [7, 11) is 0. The molecule has 118 valence electrons. The Morgan fingerprint density at radius 2 is 1.75 bits per heavy atom. The molecule has 4 rings (SSSR count). The van der Waals surface area contributed by atoms with Crippen LogP contribution in [-0.2, 0) is 6.61 Å². The third kappa shape index (κ3) is 3.19. The highest BCUT2D eigenvalue weighted by Crippen LogP contribution is 2.23. The standard InChI is InChI=1S/C20H15BrN2O/c21-16-5-3-4-14(12-16)13-24-17-10-8-15(9-11-17)20-22-18-6-1-2-7-19(18)23-20/h1-12H,13H2,(H,22,23). The zero-order valence-electron chi connectivity index (χ0n) is 12.9. The first-order chi connectivity index (χ1) is 11.8. The third-order valence-corrected chi connectivity index (χ3v) is 4.30. The van der Waals surface area contributed by atoms with Crippen LogP contribution in [0, 0.1) is 0 Å². The van der Waals surface area contributed by atoms with Crippen LogP contribution in [-0.4, -0.2) is 9.97 Å². The van der Waals surface area contributed by atoms with E-state index in [-0.39, 0.29) is 0 Å². The normalized spacial score (nSPS) is 10.9. The SMILES string of the molecule is Brc1cccc(COc2ccc(-c3nc4ccccc4[nH]3)cc2)c1. The van der Waals surface area contributed by atoms with Crippen LogP contribution >= 0.6 is 15.9 Å². The van der Waals surface area contributed by atoms with Gasteiger partial charge in [-0.25, -0.2) is 4.98 Å². The van der Waals surface area contributed by atoms with E-state index >= 15 is 0 Å². The molecule has 1 heterocycles. The van der Waals surface area contributed by atoms with Gasteiger partial charge in [0, 0.05) is 10.0 Å². The molecule has 0 fully saturated rings. The van der Waals surface area contributed by atoms with E-state index in [4.69, 9.17) is 4.74 Å². The summed E-state index contributed by atoms with van der Waals surface area (Å²) in [6, 6.07) is 24.1. The van der Waals surface area contributed by atoms with E-state index in [1.807, 2.05) is 66.7 Å². The molecule has 0 saturated carbocycles. The molecule has 0 spiro atoms. The Bertz CT molecular complexity index is 943. The number of hydrogen-bond acceptors (Lipinski definition) is 2. The highest BCUT2D eigenvalue weighted by Gasteiger charge is 2.05. The number of aromatic amines is 1. The van der Waals surface area contributed by atoms with Crippen molar-refractivity contribution in [3.05, 3.63) is 82.8 Å². The van der Waals surface area contributed by atoms with Gasteiger partial charge in [0.25, 0.3) is 0 Å². The number of H-pyrrole nitrogens is 1. The second kappa shape index (κ2) is 6.49. The molecular weight excluding hydrogens is 364 g/mol. The van der Waals surface area contributed by atoms with Gasteiger partial charge in [-0.3, -0.25) is 0 Å². The number of aromatic nitrogens is 2. The summed E-state index contributed by atoms with van der Waals surface area (Å²) in [6.07, 6.45) is 0. The van der Waals surface area contributed by atoms with Crippen LogP contribution in [0.25, 0.3) is 22.4 Å². The number of imidazole rings is 1. The molecule has 0 radical (unpaired) electrons. The lowest BCUT2D eigenvalue weighted by Crippen LogP contribution is -1.95. The lowest BCUT2D eigenvalue weighted by atomic mass is 10.2. The fraction of sp³-hybridized carbons (Fsp3) is 0.0500. The average Bonchev–Trinajstić information content (AvgIpc) is 3.05. The number of rotatable bonds is 4. The lowest BCUT2D eigenvalue weighted by molar-refractivity contribution is 0.306. The maximum Gasteiger partial charge on any atom is 0.138 e. The molecule has 0 aliphatic carbocycles. The van der Waals surface area contributed by atoms with Crippen LogP contribution in [0.5, 0.6) is 5.75 Å². The fourth-order valence-corrected chi connectivity index (χ4v) is 3.04. The zero-order chi connectivity index (χ0) is 16.4. The van der Waals surface area contributed by atoms with Gasteiger partial charge < -0.3 is 9.72 Å². The maximum atomic E-state index is 5.85. The van der Waals surface area contributed by atoms with E-state index in [9.17, 15) is 0 Å². The Balaban J connectivity index is 1.50. The number of fused-ring (bicyclic) bond motifs is 1. The molecule has 0 bridgehead atoms. The van der Waals surface area contributed by atoms with Crippen molar-refractivity contribution in [1.82, 2.24) is 9.97 Å². The molecule has 0 saturated heterocycles. The van der Waals surface area contributed by atoms with Crippen LogP contribution in [0.4, 0.5) is 0 Å². The van der Waals surface area contributed by atoms with Crippen molar-refractivity contribution in [3.63, 3.8) is 0 Å². The van der Waals surface area contributed by atoms with Gasteiger partial charge >= 0.3 is 0 Å². The number of ether oxygens (including phenoxy) is 1. The van der Waals surface area contributed by atoms with Crippen molar-refractivity contribution in [1.29, 1.82) is 0 Å². The Hall–Kier alpha value is -2.59. The summed E-state index contributed by atoms with van der Waals surface area (Å²) < 4.78 is 6.90. The summed E-state index contributed by atoms with van der Waals surface area (Å²) in [4.78, 5) is 7.95. The summed E-state index contributed by atoms with van der Waals surface area (Å²) in [5.41, 5.74) is 4.19. The van der Waals surface area contributed by atoms with Crippen molar-refractivity contribution in [2.24, 2.45) is 0 Å². The van der Waals surface area contributed by atoms with Crippen molar-refractivity contribution in [2.45, 2.75) is 6.61 Å². The first kappa shape index (κ1) is 15.0. The van der Waals surface area contributed by atoms with E-state index in [0.717, 1.165) is 38.2 Å². The number of nitrogens with zero attached hydrogens (tertiary/aromatic N) is 1. The van der Waals surface area contributed by atoms with E-state index in [1.165, 1.54) is 0 Å². The smallest absolute Gasteiger partial charge is 0.138 e. The van der Waals surface area contributed by atoms with Crippen LogP contribution < -0.4 is 4.74 Å². The van der Waals surface area contributed by atoms with Gasteiger partial charge in [0.05, 0.1) is 11.0 Å². The first-order valence-electron chi connectivity index (χ1n) is 7.70. The lowest BCUT2D eigenvalue weighted by Gasteiger charge is -2.07. The molecule has 4 aromatic rings. The van der Waals surface area contributed by atoms with Crippen LogP contribution in [0.1, 0.15) is 5.56 Å². The van der Waals surface area contributed by atoms with Gasteiger partial charge in [-0.15, -0.1) is 0 Å². The van der Waals surface area contributed by atoms with Crippen molar-refractivity contribution < 1.29 is 4.74 Å². The first-order valence-corrected chi connectivity index (χ1v) is 8.50. The molecule has 0 atom stereocenters. The van der Waals surface area contributed by atoms with E-state index in [2.05, 4.69) is 32.0 Å². The largest absolute Gasteiger partial charge is 0.489 e. The van der Waals surface area contributed by atoms with Gasteiger partial charge in [0.15, 0.2) is 0 Å². The number of halogens is 1. The van der Waals surface area contributed by atoms with Gasteiger partial charge in [-0.1, -0.05) is 40.2 Å². The van der Waals surface area contributed by atoms with Crippen LogP contribution in [0.3, 0.4) is 0 Å². The fourth-order valence-electron chi connectivity index (χ4n) is 2.59. The second-order valence-electron chi connectivity index (χ2n) is 5.55. The number of nitrogens with one attached hydrogen (secondary N) is 1. The summed E-state index contributed by atoms with van der Waals surface area (Å²) in [6.45, 7) is 0.545. The Morgan fingerprint density at radius 1 is 0.917 bits per heavy atom.